The van der Waals surface area contributed by atoms with E-state index < -0.39 is 16.1 Å². The molecule has 1 saturated carbocycles. The molecule has 4 bridgehead atoms. The molecule has 1 amide bonds. The van der Waals surface area contributed by atoms with Crippen LogP contribution in [0.1, 0.15) is 86.5 Å². The minimum atomic E-state index is -4.17. The van der Waals surface area contributed by atoms with E-state index in [9.17, 15) is 13.2 Å². The summed E-state index contributed by atoms with van der Waals surface area (Å²) in [6.07, 6.45) is 9.52. The number of ether oxygens (including phenoxy) is 1. The molecule has 2 aromatic carbocycles. The van der Waals surface area contributed by atoms with E-state index in [1.165, 1.54) is 25.0 Å². The van der Waals surface area contributed by atoms with Crippen LogP contribution in [-0.2, 0) is 16.6 Å². The van der Waals surface area contributed by atoms with E-state index in [1.807, 2.05) is 32.0 Å². The number of aromatic nitrogens is 4. The van der Waals surface area contributed by atoms with Gasteiger partial charge in [0.25, 0.3) is 15.9 Å². The summed E-state index contributed by atoms with van der Waals surface area (Å²) in [6.45, 7) is 10.7. The molecule has 11 nitrogen and oxygen atoms in total. The van der Waals surface area contributed by atoms with E-state index in [2.05, 4.69) is 52.4 Å². The highest BCUT2D eigenvalue weighted by atomic mass is 32.2. The number of sulfonamides is 1. The van der Waals surface area contributed by atoms with Gasteiger partial charge in [0.1, 0.15) is 12.4 Å². The first-order chi connectivity index (χ1) is 23.8. The molecule has 1 N–H and O–H groups in total. The van der Waals surface area contributed by atoms with Crippen LogP contribution in [0.3, 0.4) is 0 Å². The molecule has 4 aromatic rings. The second-order valence-electron chi connectivity index (χ2n) is 14.7. The molecule has 0 spiro atoms. The summed E-state index contributed by atoms with van der Waals surface area (Å²) in [7, 11) is -2.12. The number of carbonyl (C=O) groups is 1. The standard InChI is InChI=1S/C38H47N7O4S/c1-25-11-9-12-26(2)35(25)32-20-34-42-37(41-32)43-50(47,48)31-16-10-13-27(19-31)36(46)45(30(24-49-34)17-18-38(3,4)5)23-28-21-39-22-33(40-28)44(6)29-14-7-8-15-29/h9-13,16,19-22,29-30H,7-8,14-15,17-18,23-24H2,1-6H3,(H,41,42,43)/t30-/m1/s1. The van der Waals surface area contributed by atoms with Gasteiger partial charge in [-0.3, -0.25) is 9.78 Å². The number of rotatable bonds is 7. The highest BCUT2D eigenvalue weighted by Gasteiger charge is 2.31. The SMILES string of the molecule is Cc1cccc(C)c1-c1cc2nc(n1)NS(=O)(=O)c1cccc(c1)C(=O)N(Cc1cncc(N(C)C3CCCC3)n1)[C@H](CCC(C)(C)C)CO2. The van der Waals surface area contributed by atoms with Crippen molar-refractivity contribution in [3.63, 3.8) is 0 Å². The number of aryl methyl sites for hydroxylation is 2. The zero-order valence-corrected chi connectivity index (χ0v) is 30.6. The molecule has 0 radical (unpaired) electrons. The van der Waals surface area contributed by atoms with Crippen molar-refractivity contribution in [2.24, 2.45) is 5.41 Å². The van der Waals surface area contributed by atoms with Crippen LogP contribution in [0.2, 0.25) is 0 Å². The maximum absolute atomic E-state index is 14.6. The fraction of sp³-hybridized carbons (Fsp3) is 0.447. The predicted octanol–water partition coefficient (Wildman–Crippen LogP) is 6.96. The van der Waals surface area contributed by atoms with Gasteiger partial charge in [-0.1, -0.05) is 57.9 Å². The number of fused-ring (bicyclic) bond motifs is 4. The second-order valence-corrected chi connectivity index (χ2v) is 16.4. The first kappa shape index (κ1) is 35.3. The third-order valence-corrected chi connectivity index (χ3v) is 11.0. The lowest BCUT2D eigenvalue weighted by Crippen LogP contribution is -2.44. The summed E-state index contributed by atoms with van der Waals surface area (Å²) in [6, 6.07) is 13.8. The van der Waals surface area contributed by atoms with E-state index in [-0.39, 0.29) is 46.8 Å². The number of hydrogen-bond acceptors (Lipinski definition) is 9. The summed E-state index contributed by atoms with van der Waals surface area (Å²) in [5.74, 6) is 0.531. The molecule has 1 aliphatic heterocycles. The number of anilines is 2. The van der Waals surface area contributed by atoms with Crippen molar-refractivity contribution in [1.29, 1.82) is 0 Å². The first-order valence-electron chi connectivity index (χ1n) is 17.3. The van der Waals surface area contributed by atoms with Gasteiger partial charge in [0.2, 0.25) is 11.8 Å². The lowest BCUT2D eigenvalue weighted by atomic mass is 9.88. The Kier molecular flexibility index (Phi) is 10.1. The van der Waals surface area contributed by atoms with Gasteiger partial charge in [0.15, 0.2) is 0 Å². The van der Waals surface area contributed by atoms with Crippen LogP contribution in [0.4, 0.5) is 11.8 Å². The smallest absolute Gasteiger partial charge is 0.264 e. The van der Waals surface area contributed by atoms with Crippen LogP contribution >= 0.6 is 0 Å². The van der Waals surface area contributed by atoms with Crippen molar-refractivity contribution in [3.05, 3.63) is 83.3 Å². The number of benzene rings is 2. The summed E-state index contributed by atoms with van der Waals surface area (Å²) in [4.78, 5) is 37.1. The van der Waals surface area contributed by atoms with E-state index in [0.717, 1.165) is 41.8 Å². The Morgan fingerprint density at radius 3 is 2.42 bits per heavy atom. The van der Waals surface area contributed by atoms with Gasteiger partial charge in [-0.25, -0.2) is 23.1 Å². The molecule has 1 aliphatic carbocycles. The average molecular weight is 698 g/mol. The quantitative estimate of drug-likeness (QED) is 0.218. The Labute approximate surface area is 295 Å². The van der Waals surface area contributed by atoms with Gasteiger partial charge in [-0.05, 0) is 74.3 Å². The van der Waals surface area contributed by atoms with Crippen LogP contribution < -0.4 is 14.4 Å². The number of nitrogens with zero attached hydrogens (tertiary/aromatic N) is 6. The van der Waals surface area contributed by atoms with Crippen molar-refractivity contribution in [3.8, 4) is 17.1 Å². The van der Waals surface area contributed by atoms with Crippen molar-refractivity contribution in [2.45, 2.75) is 96.7 Å². The molecular weight excluding hydrogens is 651 g/mol. The number of carbonyl (C=O) groups excluding carboxylic acids is 1. The number of nitrogens with one attached hydrogen (secondary N) is 1. The molecular formula is C38H47N7O4S. The normalized spacial score (nSPS) is 18.0. The van der Waals surface area contributed by atoms with Crippen molar-refractivity contribution < 1.29 is 17.9 Å². The Hall–Kier alpha value is -4.58. The van der Waals surface area contributed by atoms with Crippen LogP contribution in [0, 0.1) is 19.3 Å². The largest absolute Gasteiger partial charge is 0.475 e. The highest BCUT2D eigenvalue weighted by molar-refractivity contribution is 7.92. The zero-order chi connectivity index (χ0) is 35.6. The molecule has 0 unspecified atom stereocenters. The maximum Gasteiger partial charge on any atom is 0.264 e. The van der Waals surface area contributed by atoms with E-state index >= 15 is 0 Å². The monoisotopic (exact) mass is 697 g/mol. The molecule has 0 saturated heterocycles. The molecule has 6 rings (SSSR count). The van der Waals surface area contributed by atoms with Crippen LogP contribution in [0.15, 0.2) is 65.8 Å². The molecule has 264 valence electrons. The van der Waals surface area contributed by atoms with Crippen molar-refractivity contribution in [1.82, 2.24) is 24.8 Å². The molecule has 2 aromatic heterocycles. The van der Waals surface area contributed by atoms with Gasteiger partial charge < -0.3 is 14.5 Å². The Morgan fingerprint density at radius 2 is 1.70 bits per heavy atom. The predicted molar refractivity (Wildman–Crippen MR) is 195 cm³/mol. The highest BCUT2D eigenvalue weighted by Crippen LogP contribution is 2.32. The third-order valence-electron chi connectivity index (χ3n) is 9.65. The molecule has 1 fully saturated rings. The molecule has 12 heteroatoms. The lowest BCUT2D eigenvalue weighted by molar-refractivity contribution is 0.0549. The summed E-state index contributed by atoms with van der Waals surface area (Å²) in [5.41, 5.74) is 4.22. The van der Waals surface area contributed by atoms with Crippen LogP contribution in [0.5, 0.6) is 5.88 Å². The summed E-state index contributed by atoms with van der Waals surface area (Å²) >= 11 is 0. The van der Waals surface area contributed by atoms with Crippen LogP contribution in [0.25, 0.3) is 11.3 Å². The van der Waals surface area contributed by atoms with Gasteiger partial charge in [-0.2, -0.15) is 4.98 Å². The lowest BCUT2D eigenvalue weighted by Gasteiger charge is -2.34. The maximum atomic E-state index is 14.6. The number of hydrogen-bond donors (Lipinski definition) is 1. The van der Waals surface area contributed by atoms with E-state index in [4.69, 9.17) is 9.72 Å². The summed E-state index contributed by atoms with van der Waals surface area (Å²) in [5, 5.41) is 0. The minimum absolute atomic E-state index is 0.0187. The fourth-order valence-corrected chi connectivity index (χ4v) is 7.79. The molecule has 50 heavy (non-hydrogen) atoms. The fourth-order valence-electron chi connectivity index (χ4n) is 6.80. The second kappa shape index (κ2) is 14.3. The van der Waals surface area contributed by atoms with Gasteiger partial charge >= 0.3 is 0 Å². The average Bonchev–Trinajstić information content (AvgIpc) is 3.61. The number of amides is 1. The molecule has 3 heterocycles. The Balaban J connectivity index is 1.45. The topological polar surface area (TPSA) is 131 Å². The Bertz CT molecular complexity index is 1950. The third kappa shape index (κ3) is 8.07. The minimum Gasteiger partial charge on any atom is -0.475 e. The van der Waals surface area contributed by atoms with E-state index in [0.29, 0.717) is 23.9 Å². The Morgan fingerprint density at radius 1 is 0.980 bits per heavy atom. The molecule has 1 atom stereocenters. The van der Waals surface area contributed by atoms with Gasteiger partial charge in [0.05, 0.1) is 41.3 Å². The van der Waals surface area contributed by atoms with Crippen molar-refractivity contribution >= 4 is 27.7 Å². The van der Waals surface area contributed by atoms with Gasteiger partial charge in [0, 0.05) is 30.3 Å². The molecule has 2 aliphatic rings. The van der Waals surface area contributed by atoms with Crippen molar-refractivity contribution in [2.75, 3.05) is 23.3 Å². The van der Waals surface area contributed by atoms with E-state index in [1.54, 1.807) is 35.5 Å². The van der Waals surface area contributed by atoms with Crippen LogP contribution in [-0.4, -0.2) is 64.9 Å². The van der Waals surface area contributed by atoms with Gasteiger partial charge in [-0.15, -0.1) is 0 Å². The first-order valence-corrected chi connectivity index (χ1v) is 18.8. The zero-order valence-electron chi connectivity index (χ0n) is 29.8. The summed E-state index contributed by atoms with van der Waals surface area (Å²) < 4.78 is 36.5.